The first-order chi connectivity index (χ1) is 8.16. The molecule has 0 radical (unpaired) electrons. The number of aliphatic carboxylic acids is 1. The topological polar surface area (TPSA) is 60.9 Å². The van der Waals surface area contributed by atoms with E-state index < -0.39 is 5.97 Å². The van der Waals surface area contributed by atoms with Crippen LogP contribution >= 0.6 is 0 Å². The molecule has 0 aromatic heterocycles. The van der Waals surface area contributed by atoms with Gasteiger partial charge in [-0.05, 0) is 34.1 Å². The van der Waals surface area contributed by atoms with Gasteiger partial charge in [-0.15, -0.1) is 0 Å². The summed E-state index contributed by atoms with van der Waals surface area (Å²) in [7, 11) is 1.79. The van der Waals surface area contributed by atoms with Crippen LogP contribution in [0.5, 0.6) is 0 Å². The van der Waals surface area contributed by atoms with Crippen LogP contribution in [0, 0.1) is 0 Å². The smallest absolute Gasteiger partial charge is 0.303 e. The van der Waals surface area contributed by atoms with Crippen LogP contribution in [-0.4, -0.2) is 58.0 Å². The number of rotatable bonds is 4. The van der Waals surface area contributed by atoms with E-state index in [2.05, 4.69) is 18.7 Å². The molecule has 1 atom stereocenters. The minimum atomic E-state index is -0.850. The lowest BCUT2D eigenvalue weighted by molar-refractivity contribution is -0.152. The van der Waals surface area contributed by atoms with Gasteiger partial charge in [-0.3, -0.25) is 14.5 Å². The second kappa shape index (κ2) is 5.26. The Labute approximate surface area is 109 Å². The molecule has 1 saturated heterocycles. The summed E-state index contributed by atoms with van der Waals surface area (Å²) in [5, 5.41) is 8.81. The van der Waals surface area contributed by atoms with Gasteiger partial charge in [0, 0.05) is 31.6 Å². The lowest BCUT2D eigenvalue weighted by Gasteiger charge is -2.52. The van der Waals surface area contributed by atoms with Gasteiger partial charge in [0.2, 0.25) is 5.91 Å². The second-order valence-corrected chi connectivity index (χ2v) is 5.96. The number of likely N-dealkylation sites (N-methyl/N-ethyl adjacent to an activating group) is 1. The van der Waals surface area contributed by atoms with Crippen molar-refractivity contribution in [3.63, 3.8) is 0 Å². The number of hydrogen-bond acceptors (Lipinski definition) is 3. The molecule has 0 aromatic carbocycles. The maximum Gasteiger partial charge on any atom is 0.303 e. The van der Waals surface area contributed by atoms with E-state index in [0.717, 1.165) is 0 Å². The molecule has 1 N–H and O–H groups in total. The summed E-state index contributed by atoms with van der Waals surface area (Å²) in [5.74, 6) is -0.818. The Balaban J connectivity index is 2.96. The molecule has 1 fully saturated rings. The highest BCUT2D eigenvalue weighted by molar-refractivity contribution is 5.83. The van der Waals surface area contributed by atoms with Crippen molar-refractivity contribution in [2.45, 2.75) is 58.2 Å². The van der Waals surface area contributed by atoms with Crippen molar-refractivity contribution in [2.75, 3.05) is 13.6 Å². The van der Waals surface area contributed by atoms with E-state index >= 15 is 0 Å². The van der Waals surface area contributed by atoms with Crippen LogP contribution < -0.4 is 0 Å². The number of hydrogen-bond donors (Lipinski definition) is 1. The van der Waals surface area contributed by atoms with Crippen LogP contribution in [-0.2, 0) is 9.59 Å². The van der Waals surface area contributed by atoms with Gasteiger partial charge in [-0.1, -0.05) is 0 Å². The first-order valence-corrected chi connectivity index (χ1v) is 6.42. The van der Waals surface area contributed by atoms with Crippen LogP contribution in [0.2, 0.25) is 0 Å². The minimum Gasteiger partial charge on any atom is -0.481 e. The Hall–Kier alpha value is -1.10. The molecule has 1 heterocycles. The fraction of sp³-hybridized carbons (Fsp3) is 0.846. The van der Waals surface area contributed by atoms with Crippen molar-refractivity contribution in [3.8, 4) is 0 Å². The Morgan fingerprint density at radius 1 is 1.50 bits per heavy atom. The largest absolute Gasteiger partial charge is 0.481 e. The zero-order chi connectivity index (χ0) is 14.1. The van der Waals surface area contributed by atoms with Crippen molar-refractivity contribution in [2.24, 2.45) is 0 Å². The summed E-state index contributed by atoms with van der Waals surface area (Å²) >= 11 is 0. The molecule has 5 heteroatoms. The molecular weight excluding hydrogens is 232 g/mol. The third-order valence-corrected chi connectivity index (χ3v) is 3.51. The molecule has 0 bridgehead atoms. The summed E-state index contributed by atoms with van der Waals surface area (Å²) in [5.41, 5.74) is -0.125. The highest BCUT2D eigenvalue weighted by atomic mass is 16.4. The molecule has 1 rings (SSSR count). The molecule has 0 saturated carbocycles. The molecule has 0 aromatic rings. The number of carboxylic acid groups (broad SMARTS) is 1. The Kier molecular flexibility index (Phi) is 4.37. The van der Waals surface area contributed by atoms with Crippen LogP contribution in [0.15, 0.2) is 0 Å². The first kappa shape index (κ1) is 15.0. The lowest BCUT2D eigenvalue weighted by Crippen LogP contribution is -2.67. The van der Waals surface area contributed by atoms with Gasteiger partial charge in [0.1, 0.15) is 0 Å². The van der Waals surface area contributed by atoms with Gasteiger partial charge in [-0.2, -0.15) is 0 Å². The third-order valence-electron chi connectivity index (χ3n) is 3.51. The molecular formula is C13H24N2O3. The normalized spacial score (nSPS) is 24.7. The number of nitrogens with zero attached hydrogens (tertiary/aromatic N) is 2. The molecule has 0 aliphatic carbocycles. The Morgan fingerprint density at radius 2 is 2.06 bits per heavy atom. The molecule has 0 spiro atoms. The van der Waals surface area contributed by atoms with E-state index in [1.54, 1.807) is 11.9 Å². The van der Waals surface area contributed by atoms with Crippen LogP contribution in [0.3, 0.4) is 0 Å². The van der Waals surface area contributed by atoms with Gasteiger partial charge in [0.05, 0.1) is 6.04 Å². The Bertz CT molecular complexity index is 339. The Morgan fingerprint density at radius 3 is 2.50 bits per heavy atom. The summed E-state index contributed by atoms with van der Waals surface area (Å²) in [4.78, 5) is 26.8. The fourth-order valence-electron chi connectivity index (χ4n) is 3.12. The van der Waals surface area contributed by atoms with E-state index in [0.29, 0.717) is 13.0 Å². The highest BCUT2D eigenvalue weighted by Crippen LogP contribution is 2.29. The van der Waals surface area contributed by atoms with Gasteiger partial charge in [-0.25, -0.2) is 0 Å². The molecule has 18 heavy (non-hydrogen) atoms. The molecule has 104 valence electrons. The standard InChI is InChI=1S/C13H24N2O3/c1-9(2)15-10(6-7-11(16)17)12(18)14(5)8-13(15,3)4/h9-10H,6-8H2,1-5H3,(H,16,17). The fourth-order valence-corrected chi connectivity index (χ4v) is 3.12. The van der Waals surface area contributed by atoms with E-state index in [1.807, 2.05) is 13.8 Å². The molecule has 1 amide bonds. The van der Waals surface area contributed by atoms with Crippen LogP contribution in [0.4, 0.5) is 0 Å². The number of carbonyl (C=O) groups excluding carboxylic acids is 1. The third kappa shape index (κ3) is 3.02. The average molecular weight is 256 g/mol. The van der Waals surface area contributed by atoms with E-state index in [-0.39, 0.29) is 30.0 Å². The van der Waals surface area contributed by atoms with Crippen molar-refractivity contribution < 1.29 is 14.7 Å². The van der Waals surface area contributed by atoms with Gasteiger partial charge in [0.25, 0.3) is 0 Å². The summed E-state index contributed by atoms with van der Waals surface area (Å²) in [6, 6.07) is -0.105. The highest BCUT2D eigenvalue weighted by Gasteiger charge is 2.44. The SMILES string of the molecule is CC(C)N1C(CCC(=O)O)C(=O)N(C)CC1(C)C. The minimum absolute atomic E-state index is 0.0313. The predicted molar refractivity (Wildman–Crippen MR) is 69.3 cm³/mol. The molecule has 1 aliphatic rings. The number of piperazine rings is 1. The predicted octanol–water partition coefficient (Wildman–Crippen LogP) is 1.18. The van der Waals surface area contributed by atoms with Gasteiger partial charge in [0.15, 0.2) is 0 Å². The average Bonchev–Trinajstić information content (AvgIpc) is 2.19. The number of amides is 1. The van der Waals surface area contributed by atoms with Gasteiger partial charge < -0.3 is 10.0 Å². The second-order valence-electron chi connectivity index (χ2n) is 5.96. The summed E-state index contributed by atoms with van der Waals surface area (Å²) < 4.78 is 0. The maximum atomic E-state index is 12.2. The van der Waals surface area contributed by atoms with Gasteiger partial charge >= 0.3 is 5.97 Å². The molecule has 5 nitrogen and oxygen atoms in total. The van der Waals surface area contributed by atoms with Crippen molar-refractivity contribution in [1.82, 2.24) is 9.80 Å². The van der Waals surface area contributed by atoms with E-state index in [4.69, 9.17) is 5.11 Å². The summed E-state index contributed by atoms with van der Waals surface area (Å²) in [6.45, 7) is 8.98. The number of carbonyl (C=O) groups is 2. The number of carboxylic acids is 1. The lowest BCUT2D eigenvalue weighted by atomic mass is 9.90. The van der Waals surface area contributed by atoms with E-state index in [1.165, 1.54) is 0 Å². The van der Waals surface area contributed by atoms with E-state index in [9.17, 15) is 9.59 Å². The molecule has 1 unspecified atom stereocenters. The first-order valence-electron chi connectivity index (χ1n) is 6.42. The van der Waals surface area contributed by atoms with Crippen LogP contribution in [0.1, 0.15) is 40.5 Å². The summed E-state index contributed by atoms with van der Waals surface area (Å²) in [6.07, 6.45) is 0.406. The quantitative estimate of drug-likeness (QED) is 0.820. The van der Waals surface area contributed by atoms with Crippen molar-refractivity contribution in [1.29, 1.82) is 0 Å². The molecule has 1 aliphatic heterocycles. The zero-order valence-corrected chi connectivity index (χ0v) is 11.9. The van der Waals surface area contributed by atoms with Crippen LogP contribution in [0.25, 0.3) is 0 Å². The monoisotopic (exact) mass is 256 g/mol. The maximum absolute atomic E-state index is 12.2. The van der Waals surface area contributed by atoms with Crippen molar-refractivity contribution in [3.05, 3.63) is 0 Å². The zero-order valence-electron chi connectivity index (χ0n) is 11.9. The van der Waals surface area contributed by atoms with Crippen molar-refractivity contribution >= 4 is 11.9 Å².